The maximum absolute atomic E-state index is 12.4. The fourth-order valence-electron chi connectivity index (χ4n) is 2.40. The third-order valence-electron chi connectivity index (χ3n) is 3.72. The van der Waals surface area contributed by atoms with Gasteiger partial charge in [0.2, 0.25) is 0 Å². The van der Waals surface area contributed by atoms with E-state index in [2.05, 4.69) is 5.32 Å². The van der Waals surface area contributed by atoms with Crippen LogP contribution in [0.2, 0.25) is 10.0 Å². The molecule has 134 valence electrons. The molecule has 0 spiro atoms. The highest BCUT2D eigenvalue weighted by atomic mass is 35.5. The summed E-state index contributed by atoms with van der Waals surface area (Å²) in [5, 5.41) is 4.31. The quantitative estimate of drug-likeness (QED) is 0.564. The zero-order chi connectivity index (χ0) is 18.8. The molecule has 0 saturated carbocycles. The Kier molecular flexibility index (Phi) is 5.51. The summed E-state index contributed by atoms with van der Waals surface area (Å²) in [6.07, 6.45) is -0.965. The minimum absolute atomic E-state index is 0.249. The molecule has 2 aromatic carbocycles. The zero-order valence-electron chi connectivity index (χ0n) is 14.0. The Labute approximate surface area is 164 Å². The zero-order valence-corrected chi connectivity index (χ0v) is 16.3. The molecule has 3 aromatic rings. The average molecular weight is 408 g/mol. The molecule has 0 radical (unpaired) electrons. The number of nitrogens with one attached hydrogen (secondary N) is 1. The van der Waals surface area contributed by atoms with E-state index in [1.54, 1.807) is 24.3 Å². The lowest BCUT2D eigenvalue weighted by molar-refractivity contribution is -0.123. The molecule has 1 aromatic heterocycles. The van der Waals surface area contributed by atoms with Crippen molar-refractivity contribution in [3.63, 3.8) is 0 Å². The lowest BCUT2D eigenvalue weighted by atomic mass is 10.2. The number of carbonyl (C=O) groups excluding carboxylic acids is 2. The Morgan fingerprint density at radius 2 is 1.92 bits per heavy atom. The van der Waals surface area contributed by atoms with E-state index in [1.807, 2.05) is 25.1 Å². The van der Waals surface area contributed by atoms with Crippen molar-refractivity contribution in [2.45, 2.75) is 20.0 Å². The second-order valence-electron chi connectivity index (χ2n) is 5.79. The predicted octanol–water partition coefficient (Wildman–Crippen LogP) is 5.70. The van der Waals surface area contributed by atoms with Crippen molar-refractivity contribution in [2.24, 2.45) is 0 Å². The normalized spacial score (nSPS) is 12.0. The molecule has 1 N–H and O–H groups in total. The second kappa shape index (κ2) is 7.66. The van der Waals surface area contributed by atoms with E-state index in [-0.39, 0.29) is 4.88 Å². The molecular weight excluding hydrogens is 393 g/mol. The summed E-state index contributed by atoms with van der Waals surface area (Å²) < 4.78 is 6.07. The Hall–Kier alpha value is -2.08. The highest BCUT2D eigenvalue weighted by Gasteiger charge is 2.23. The lowest BCUT2D eigenvalue weighted by Gasteiger charge is -2.13. The Bertz CT molecular complexity index is 1000. The second-order valence-corrected chi connectivity index (χ2v) is 7.66. The number of benzene rings is 2. The highest BCUT2D eigenvalue weighted by molar-refractivity contribution is 7.21. The maximum atomic E-state index is 12.4. The van der Waals surface area contributed by atoms with E-state index < -0.39 is 18.0 Å². The minimum atomic E-state index is -0.965. The van der Waals surface area contributed by atoms with Crippen LogP contribution in [0.25, 0.3) is 10.1 Å². The van der Waals surface area contributed by atoms with Gasteiger partial charge in [-0.25, -0.2) is 4.79 Å². The van der Waals surface area contributed by atoms with E-state index >= 15 is 0 Å². The number of thiophene rings is 1. The molecule has 0 aliphatic rings. The van der Waals surface area contributed by atoms with Crippen molar-refractivity contribution in [2.75, 3.05) is 5.32 Å². The first-order valence-corrected chi connectivity index (χ1v) is 9.38. The summed E-state index contributed by atoms with van der Waals surface area (Å²) >= 11 is 13.4. The van der Waals surface area contributed by atoms with Gasteiger partial charge >= 0.3 is 5.97 Å². The van der Waals surface area contributed by atoms with E-state index in [0.29, 0.717) is 15.7 Å². The summed E-state index contributed by atoms with van der Waals surface area (Å²) in [6.45, 7) is 3.44. The van der Waals surface area contributed by atoms with Crippen LogP contribution in [-0.2, 0) is 9.53 Å². The van der Waals surface area contributed by atoms with Crippen LogP contribution < -0.4 is 5.32 Å². The molecule has 3 rings (SSSR count). The lowest BCUT2D eigenvalue weighted by Crippen LogP contribution is -2.29. The highest BCUT2D eigenvalue weighted by Crippen LogP contribution is 2.37. The summed E-state index contributed by atoms with van der Waals surface area (Å²) in [7, 11) is 0. The molecule has 1 amide bonds. The topological polar surface area (TPSA) is 55.4 Å². The van der Waals surface area contributed by atoms with Crippen LogP contribution in [0.3, 0.4) is 0 Å². The van der Waals surface area contributed by atoms with Crippen LogP contribution in [0.15, 0.2) is 42.5 Å². The summed E-state index contributed by atoms with van der Waals surface area (Å²) in [4.78, 5) is 24.9. The van der Waals surface area contributed by atoms with Gasteiger partial charge in [0.05, 0.1) is 5.02 Å². The van der Waals surface area contributed by atoms with Crippen molar-refractivity contribution in [1.82, 2.24) is 0 Å². The number of hydrogen-bond acceptors (Lipinski definition) is 4. The standard InChI is InChI=1S/C19H15Cl2NO3S/c1-10-4-3-5-13(8-10)22-18(23)11(2)25-19(24)17-16(21)14-7-6-12(20)9-15(14)26-17/h3-9,11H,1-2H3,(H,22,23)/t11-/m0/s1. The molecule has 0 unspecified atom stereocenters. The fraction of sp³-hybridized carbons (Fsp3) is 0.158. The molecule has 0 saturated heterocycles. The van der Waals surface area contributed by atoms with Gasteiger partial charge in [0, 0.05) is 20.8 Å². The van der Waals surface area contributed by atoms with E-state index in [4.69, 9.17) is 27.9 Å². The first-order chi connectivity index (χ1) is 12.3. The van der Waals surface area contributed by atoms with Crippen LogP contribution in [0.5, 0.6) is 0 Å². The number of fused-ring (bicyclic) bond motifs is 1. The van der Waals surface area contributed by atoms with Gasteiger partial charge in [0.25, 0.3) is 5.91 Å². The summed E-state index contributed by atoms with van der Waals surface area (Å²) in [5.74, 6) is -1.05. The molecule has 26 heavy (non-hydrogen) atoms. The van der Waals surface area contributed by atoms with Gasteiger partial charge in [0.15, 0.2) is 6.10 Å². The summed E-state index contributed by atoms with van der Waals surface area (Å²) in [5.41, 5.74) is 1.66. The molecule has 1 heterocycles. The number of anilines is 1. The maximum Gasteiger partial charge on any atom is 0.350 e. The van der Waals surface area contributed by atoms with Gasteiger partial charge < -0.3 is 10.1 Å². The van der Waals surface area contributed by atoms with Crippen LogP contribution in [0, 0.1) is 6.92 Å². The molecule has 7 heteroatoms. The largest absolute Gasteiger partial charge is 0.448 e. The van der Waals surface area contributed by atoms with E-state index in [1.165, 1.54) is 18.3 Å². The van der Waals surface area contributed by atoms with Crippen molar-refractivity contribution >= 4 is 62.2 Å². The van der Waals surface area contributed by atoms with Crippen molar-refractivity contribution in [1.29, 1.82) is 0 Å². The van der Waals surface area contributed by atoms with Crippen LogP contribution >= 0.6 is 34.5 Å². The molecular formula is C19H15Cl2NO3S. The van der Waals surface area contributed by atoms with Crippen LogP contribution in [-0.4, -0.2) is 18.0 Å². The van der Waals surface area contributed by atoms with E-state index in [0.717, 1.165) is 15.6 Å². The number of halogens is 2. The molecule has 4 nitrogen and oxygen atoms in total. The third-order valence-corrected chi connectivity index (χ3v) is 5.59. The number of amides is 1. The Balaban J connectivity index is 1.73. The first kappa shape index (κ1) is 18.7. The van der Waals surface area contributed by atoms with Crippen molar-refractivity contribution < 1.29 is 14.3 Å². The Morgan fingerprint density at radius 1 is 1.15 bits per heavy atom. The average Bonchev–Trinajstić information content (AvgIpc) is 2.91. The number of hydrogen-bond donors (Lipinski definition) is 1. The minimum Gasteiger partial charge on any atom is -0.448 e. The van der Waals surface area contributed by atoms with Gasteiger partial charge in [-0.05, 0) is 43.7 Å². The smallest absolute Gasteiger partial charge is 0.350 e. The molecule has 0 bridgehead atoms. The van der Waals surface area contributed by atoms with Crippen LogP contribution in [0.1, 0.15) is 22.2 Å². The van der Waals surface area contributed by atoms with Crippen LogP contribution in [0.4, 0.5) is 5.69 Å². The van der Waals surface area contributed by atoms with Crippen molar-refractivity contribution in [3.8, 4) is 0 Å². The van der Waals surface area contributed by atoms with E-state index in [9.17, 15) is 9.59 Å². The third kappa shape index (κ3) is 4.01. The first-order valence-electron chi connectivity index (χ1n) is 7.81. The van der Waals surface area contributed by atoms with Crippen molar-refractivity contribution in [3.05, 3.63) is 63.0 Å². The fourth-order valence-corrected chi connectivity index (χ4v) is 4.07. The van der Waals surface area contributed by atoms with Gasteiger partial charge in [-0.3, -0.25) is 4.79 Å². The molecule has 1 atom stereocenters. The number of esters is 1. The number of rotatable bonds is 4. The van der Waals surface area contributed by atoms with Gasteiger partial charge in [-0.2, -0.15) is 0 Å². The molecule has 0 aliphatic heterocycles. The predicted molar refractivity (Wildman–Crippen MR) is 107 cm³/mol. The number of aryl methyl sites for hydroxylation is 1. The summed E-state index contributed by atoms with van der Waals surface area (Å²) in [6, 6.07) is 12.6. The van der Waals surface area contributed by atoms with Gasteiger partial charge in [-0.1, -0.05) is 41.4 Å². The monoisotopic (exact) mass is 407 g/mol. The SMILES string of the molecule is Cc1cccc(NC(=O)[C@H](C)OC(=O)c2sc3cc(Cl)ccc3c2Cl)c1. The van der Waals surface area contributed by atoms with Gasteiger partial charge in [0.1, 0.15) is 4.88 Å². The Morgan fingerprint density at radius 3 is 2.65 bits per heavy atom. The number of ether oxygens (including phenoxy) is 1. The number of carbonyl (C=O) groups is 2. The molecule has 0 fully saturated rings. The van der Waals surface area contributed by atoms with Gasteiger partial charge in [-0.15, -0.1) is 11.3 Å². The molecule has 0 aliphatic carbocycles.